The molecule has 2 aromatic carbocycles. The van der Waals surface area contributed by atoms with Gasteiger partial charge in [0.25, 0.3) is 0 Å². The number of alkyl halides is 2. The smallest absolute Gasteiger partial charge is 0.410 e. The van der Waals surface area contributed by atoms with Crippen molar-refractivity contribution in [3.8, 4) is 0 Å². The van der Waals surface area contributed by atoms with Crippen LogP contribution >= 0.6 is 58.0 Å². The van der Waals surface area contributed by atoms with E-state index in [1.165, 1.54) is 17.0 Å². The van der Waals surface area contributed by atoms with Gasteiger partial charge < -0.3 is 14.8 Å². The Morgan fingerprint density at radius 2 is 1.72 bits per heavy atom. The number of carbonyl (C=O) groups excluding carboxylic acids is 3. The predicted octanol–water partition coefficient (Wildman–Crippen LogP) is 5.51. The van der Waals surface area contributed by atoms with Crippen molar-refractivity contribution in [3.63, 3.8) is 0 Å². The van der Waals surface area contributed by atoms with Gasteiger partial charge in [0.05, 0.1) is 37.2 Å². The Kier molecular flexibility index (Phi) is 8.55. The maximum absolute atomic E-state index is 13.1. The largest absolute Gasteiger partial charge is 0.443 e. The molecule has 0 spiro atoms. The molecular weight excluding hydrogens is 612 g/mol. The quantitative estimate of drug-likeness (QED) is 0.304. The van der Waals surface area contributed by atoms with Crippen molar-refractivity contribution < 1.29 is 23.9 Å². The monoisotopic (exact) mass is 633 g/mol. The van der Waals surface area contributed by atoms with Crippen molar-refractivity contribution in [2.45, 2.75) is 16.4 Å². The Morgan fingerprint density at radius 3 is 2.41 bits per heavy atom. The van der Waals surface area contributed by atoms with Crippen molar-refractivity contribution in [2.75, 3.05) is 51.3 Å². The van der Waals surface area contributed by atoms with Crippen molar-refractivity contribution in [3.05, 3.63) is 62.6 Å². The highest BCUT2D eigenvalue weighted by atomic mass is 35.5. The van der Waals surface area contributed by atoms with Crippen molar-refractivity contribution >= 4 is 81.5 Å². The third-order valence-corrected chi connectivity index (χ3v) is 8.67. The first-order valence-corrected chi connectivity index (χ1v) is 14.1. The highest BCUT2D eigenvalue weighted by molar-refractivity contribution is 6.53. The van der Waals surface area contributed by atoms with Crippen LogP contribution in [0.1, 0.15) is 21.8 Å². The van der Waals surface area contributed by atoms with Crippen LogP contribution in [-0.4, -0.2) is 84.0 Å². The lowest BCUT2D eigenvalue weighted by atomic mass is 10.1. The molecule has 1 N–H and O–H groups in total. The number of halogens is 5. The lowest BCUT2D eigenvalue weighted by Gasteiger charge is -2.28. The standard InChI is InChI=1S/C26H24Cl5N3O5/c27-15-7-14(8-16(28)9-15)22-23(26(22,30)31)24(36)32-17-1-2-20(29)19(10-17)21(35)13-34-12-18(39-25(34)37)11-33-3-5-38-6-4-33/h1-2,7-10,18,22-23H,3-6,11-13H2,(H,32,36). The van der Waals surface area contributed by atoms with E-state index in [1.807, 2.05) is 0 Å². The van der Waals surface area contributed by atoms with Crippen LogP contribution in [0.4, 0.5) is 10.5 Å². The number of ether oxygens (including phenoxy) is 2. The molecule has 5 rings (SSSR count). The zero-order valence-corrected chi connectivity index (χ0v) is 24.3. The van der Waals surface area contributed by atoms with Gasteiger partial charge in [0.2, 0.25) is 5.91 Å². The molecule has 3 fully saturated rings. The third-order valence-electron chi connectivity index (χ3n) is 6.96. The molecule has 39 heavy (non-hydrogen) atoms. The molecule has 2 amide bonds. The highest BCUT2D eigenvalue weighted by Gasteiger charge is 2.67. The minimum absolute atomic E-state index is 0.163. The summed E-state index contributed by atoms with van der Waals surface area (Å²) in [4.78, 5) is 42.1. The van der Waals surface area contributed by atoms with Crippen molar-refractivity contribution in [1.82, 2.24) is 9.80 Å². The summed E-state index contributed by atoms with van der Waals surface area (Å²) in [6.45, 7) is 3.48. The number of anilines is 1. The highest BCUT2D eigenvalue weighted by Crippen LogP contribution is 2.65. The number of rotatable bonds is 8. The average Bonchev–Trinajstić information content (AvgIpc) is 3.30. The van der Waals surface area contributed by atoms with Gasteiger partial charge >= 0.3 is 6.09 Å². The van der Waals surface area contributed by atoms with Gasteiger partial charge in [-0.05, 0) is 42.0 Å². The molecule has 0 bridgehead atoms. The first kappa shape index (κ1) is 28.7. The van der Waals surface area contributed by atoms with Crippen LogP contribution in [0.3, 0.4) is 0 Å². The zero-order valence-electron chi connectivity index (χ0n) is 20.5. The van der Waals surface area contributed by atoms with Crippen LogP contribution < -0.4 is 5.32 Å². The SMILES string of the molecule is O=C(CN1CC(CN2CCOCC2)OC1=O)c1cc(NC(=O)C2C(c3cc(Cl)cc(Cl)c3)C2(Cl)Cl)ccc1Cl. The summed E-state index contributed by atoms with van der Waals surface area (Å²) < 4.78 is 9.45. The number of amides is 2. The number of carbonyl (C=O) groups is 3. The van der Waals surface area contributed by atoms with Crippen LogP contribution in [-0.2, 0) is 14.3 Å². The fraction of sp³-hybridized carbons (Fsp3) is 0.423. The molecule has 2 aliphatic heterocycles. The molecule has 208 valence electrons. The van der Waals surface area contributed by atoms with E-state index in [0.717, 1.165) is 13.1 Å². The molecule has 0 aromatic heterocycles. The molecule has 8 nitrogen and oxygen atoms in total. The van der Waals surface area contributed by atoms with Gasteiger partial charge in [-0.1, -0.05) is 34.8 Å². The van der Waals surface area contributed by atoms with Gasteiger partial charge in [-0.2, -0.15) is 0 Å². The molecule has 2 aromatic rings. The second-order valence-electron chi connectivity index (χ2n) is 9.74. The van der Waals surface area contributed by atoms with Gasteiger partial charge in [0.1, 0.15) is 10.4 Å². The van der Waals surface area contributed by atoms with E-state index in [0.29, 0.717) is 47.6 Å². The summed E-state index contributed by atoms with van der Waals surface area (Å²) in [5.74, 6) is -2.11. The van der Waals surface area contributed by atoms with E-state index >= 15 is 0 Å². The zero-order chi connectivity index (χ0) is 27.9. The number of Topliss-reactive ketones (excluding diaryl/α,β-unsaturated/α-hetero) is 1. The van der Waals surface area contributed by atoms with Crippen LogP contribution in [0.15, 0.2) is 36.4 Å². The molecule has 1 aliphatic carbocycles. The van der Waals surface area contributed by atoms with Crippen molar-refractivity contribution in [2.24, 2.45) is 5.92 Å². The van der Waals surface area contributed by atoms with E-state index in [9.17, 15) is 14.4 Å². The number of nitrogens with zero attached hydrogens (tertiary/aromatic N) is 2. The second-order valence-corrected chi connectivity index (χ2v) is 12.5. The van der Waals surface area contributed by atoms with Gasteiger partial charge in [-0.3, -0.25) is 19.4 Å². The fourth-order valence-corrected chi connectivity index (χ4v) is 6.58. The lowest BCUT2D eigenvalue weighted by molar-refractivity contribution is -0.117. The summed E-state index contributed by atoms with van der Waals surface area (Å²) >= 11 is 31.4. The lowest BCUT2D eigenvalue weighted by Crippen LogP contribution is -2.42. The Labute approximate surface area is 250 Å². The maximum Gasteiger partial charge on any atom is 0.410 e. The fourth-order valence-electron chi connectivity index (χ4n) is 4.99. The summed E-state index contributed by atoms with van der Waals surface area (Å²) in [6, 6.07) is 9.44. The Hall–Kier alpha value is -1.78. The number of hydrogen-bond donors (Lipinski definition) is 1. The molecule has 3 atom stereocenters. The van der Waals surface area contributed by atoms with Gasteiger partial charge in [-0.25, -0.2) is 4.79 Å². The Morgan fingerprint density at radius 1 is 1.03 bits per heavy atom. The van der Waals surface area contributed by atoms with E-state index in [-0.39, 0.29) is 29.0 Å². The molecule has 1 saturated carbocycles. The summed E-state index contributed by atoms with van der Waals surface area (Å²) in [6.07, 6.45) is -0.889. The Bertz CT molecular complexity index is 1280. The normalized spacial score (nSPS) is 24.4. The number of hydrogen-bond acceptors (Lipinski definition) is 6. The van der Waals surface area contributed by atoms with E-state index in [1.54, 1.807) is 24.3 Å². The molecule has 3 aliphatic rings. The van der Waals surface area contributed by atoms with Crippen LogP contribution in [0, 0.1) is 5.92 Å². The molecule has 0 radical (unpaired) electrons. The molecule has 13 heteroatoms. The van der Waals surface area contributed by atoms with Gasteiger partial charge in [-0.15, -0.1) is 23.2 Å². The minimum Gasteiger partial charge on any atom is -0.443 e. The summed E-state index contributed by atoms with van der Waals surface area (Å²) in [5, 5.41) is 3.76. The first-order valence-electron chi connectivity index (χ1n) is 12.3. The van der Waals surface area contributed by atoms with Crippen LogP contribution in [0.2, 0.25) is 15.1 Å². The number of cyclic esters (lactones) is 1. The third kappa shape index (κ3) is 6.43. The van der Waals surface area contributed by atoms with Crippen LogP contribution in [0.5, 0.6) is 0 Å². The van der Waals surface area contributed by atoms with E-state index in [4.69, 9.17) is 67.5 Å². The second kappa shape index (κ2) is 11.6. The van der Waals surface area contributed by atoms with Crippen LogP contribution in [0.25, 0.3) is 0 Å². The Balaban J connectivity index is 1.22. The van der Waals surface area contributed by atoms with Gasteiger partial charge in [0.15, 0.2) is 5.78 Å². The predicted molar refractivity (Wildman–Crippen MR) is 151 cm³/mol. The number of ketones is 1. The topological polar surface area (TPSA) is 88.2 Å². The first-order chi connectivity index (χ1) is 18.5. The van der Waals surface area contributed by atoms with Gasteiger partial charge in [0, 0.05) is 46.8 Å². The number of nitrogens with one attached hydrogen (secondary N) is 1. The average molecular weight is 636 g/mol. The molecular formula is C26H24Cl5N3O5. The van der Waals surface area contributed by atoms with E-state index < -0.39 is 28.2 Å². The minimum atomic E-state index is -1.35. The van der Waals surface area contributed by atoms with Crippen molar-refractivity contribution in [1.29, 1.82) is 0 Å². The number of morpholine rings is 1. The summed E-state index contributed by atoms with van der Waals surface area (Å²) in [7, 11) is 0. The molecule has 2 heterocycles. The molecule has 2 saturated heterocycles. The summed E-state index contributed by atoms with van der Waals surface area (Å²) in [5.41, 5.74) is 1.14. The molecule has 3 unspecified atom stereocenters. The van der Waals surface area contributed by atoms with E-state index in [2.05, 4.69) is 10.2 Å². The maximum atomic E-state index is 13.1. The number of benzene rings is 2.